The highest BCUT2D eigenvalue weighted by Crippen LogP contribution is 2.27. The average Bonchev–Trinajstić information content (AvgIpc) is 3.15. The van der Waals surface area contributed by atoms with E-state index in [0.717, 1.165) is 36.5 Å². The van der Waals surface area contributed by atoms with Gasteiger partial charge >= 0.3 is 0 Å². The number of carbonyl (C=O) groups excluding carboxylic acids is 1. The van der Waals surface area contributed by atoms with Crippen molar-refractivity contribution in [3.05, 3.63) is 47.4 Å². The number of carbonyl (C=O) groups is 1. The van der Waals surface area contributed by atoms with Crippen molar-refractivity contribution in [3.63, 3.8) is 0 Å². The van der Waals surface area contributed by atoms with Crippen LogP contribution in [0.1, 0.15) is 43.3 Å². The molecule has 0 fully saturated rings. The molecule has 0 bridgehead atoms. The molecule has 1 amide bonds. The number of hydrogen-bond acceptors (Lipinski definition) is 5. The largest absolute Gasteiger partial charge is 0.493 e. The van der Waals surface area contributed by atoms with Crippen LogP contribution in [0.5, 0.6) is 11.5 Å². The van der Waals surface area contributed by atoms with Crippen LogP contribution in [0.2, 0.25) is 0 Å². The molecule has 160 valence electrons. The summed E-state index contributed by atoms with van der Waals surface area (Å²) in [6.45, 7) is 6.36. The van der Waals surface area contributed by atoms with E-state index in [0.29, 0.717) is 31.1 Å². The number of benzene rings is 1. The molecule has 2 rings (SSSR count). The second-order valence-electron chi connectivity index (χ2n) is 7.15. The van der Waals surface area contributed by atoms with Gasteiger partial charge in [0.1, 0.15) is 11.5 Å². The molecule has 1 heterocycles. The number of nitrogens with one attached hydrogen (secondary N) is 1. The van der Waals surface area contributed by atoms with Gasteiger partial charge < -0.3 is 24.1 Å². The summed E-state index contributed by atoms with van der Waals surface area (Å²) in [4.78, 5) is 14.7. The van der Waals surface area contributed by atoms with Crippen LogP contribution in [0, 0.1) is 6.92 Å². The summed E-state index contributed by atoms with van der Waals surface area (Å²) in [5.41, 5.74) is 1.09. The maximum Gasteiger partial charge on any atom is 0.236 e. The van der Waals surface area contributed by atoms with E-state index in [9.17, 15) is 4.79 Å². The minimum atomic E-state index is 0.0797. The molecule has 0 aliphatic carbocycles. The number of amides is 1. The van der Waals surface area contributed by atoms with Crippen LogP contribution in [-0.4, -0.2) is 44.7 Å². The van der Waals surface area contributed by atoms with Gasteiger partial charge in [-0.1, -0.05) is 25.8 Å². The van der Waals surface area contributed by atoms with Crippen LogP contribution in [0.4, 0.5) is 0 Å². The Kier molecular flexibility index (Phi) is 9.57. The maximum absolute atomic E-state index is 12.8. The quantitative estimate of drug-likeness (QED) is 0.514. The highest BCUT2D eigenvalue weighted by Gasteiger charge is 2.16. The molecule has 0 unspecified atom stereocenters. The molecule has 6 nitrogen and oxygen atoms in total. The minimum absolute atomic E-state index is 0.0797. The fourth-order valence-corrected chi connectivity index (χ4v) is 3.16. The number of aryl methyl sites for hydroxylation is 1. The third-order valence-electron chi connectivity index (χ3n) is 4.85. The molecule has 1 aromatic carbocycles. The van der Waals surface area contributed by atoms with E-state index in [2.05, 4.69) is 12.2 Å². The normalized spacial score (nSPS) is 10.8. The van der Waals surface area contributed by atoms with Crippen LogP contribution < -0.4 is 14.8 Å². The Hall–Kier alpha value is -2.47. The number of methoxy groups -OCH3 is 2. The number of nitrogens with zero attached hydrogens (tertiary/aromatic N) is 1. The topological polar surface area (TPSA) is 63.9 Å². The van der Waals surface area contributed by atoms with E-state index < -0.39 is 0 Å². The molecule has 0 aliphatic heterocycles. The summed E-state index contributed by atoms with van der Waals surface area (Å²) in [6.07, 6.45) is 4.16. The molecule has 0 atom stereocenters. The van der Waals surface area contributed by atoms with Gasteiger partial charge in [0.2, 0.25) is 5.91 Å². The lowest BCUT2D eigenvalue weighted by atomic mass is 10.1. The standard InChI is InChI=1S/C23H34N2O4/c1-5-6-7-13-24-16-23(26)25(17-20-10-8-18(2)29-20)14-12-19-9-11-21(27-3)22(15-19)28-4/h8-11,15,24H,5-7,12-14,16-17H2,1-4H3. The monoisotopic (exact) mass is 402 g/mol. The summed E-state index contributed by atoms with van der Waals surface area (Å²) in [6, 6.07) is 9.72. The van der Waals surface area contributed by atoms with Gasteiger partial charge in [-0.15, -0.1) is 0 Å². The molecule has 29 heavy (non-hydrogen) atoms. The highest BCUT2D eigenvalue weighted by atomic mass is 16.5. The first kappa shape index (κ1) is 22.8. The van der Waals surface area contributed by atoms with Crippen molar-refractivity contribution in [1.29, 1.82) is 0 Å². The lowest BCUT2D eigenvalue weighted by molar-refractivity contribution is -0.131. The van der Waals surface area contributed by atoms with Crippen LogP contribution in [0.3, 0.4) is 0 Å². The Bertz CT molecular complexity index is 757. The maximum atomic E-state index is 12.8. The average molecular weight is 403 g/mol. The first-order valence-corrected chi connectivity index (χ1v) is 10.3. The predicted octanol–water partition coefficient (Wildman–Crippen LogP) is 3.96. The first-order chi connectivity index (χ1) is 14.1. The van der Waals surface area contributed by atoms with Gasteiger partial charge in [-0.25, -0.2) is 0 Å². The van der Waals surface area contributed by atoms with E-state index in [-0.39, 0.29) is 5.91 Å². The van der Waals surface area contributed by atoms with E-state index in [1.54, 1.807) is 14.2 Å². The molecule has 1 aromatic heterocycles. The Balaban J connectivity index is 1.99. The van der Waals surface area contributed by atoms with E-state index >= 15 is 0 Å². The van der Waals surface area contributed by atoms with Gasteiger partial charge in [0, 0.05) is 6.54 Å². The second kappa shape index (κ2) is 12.2. The molecule has 2 aromatic rings. The molecule has 0 radical (unpaired) electrons. The van der Waals surface area contributed by atoms with Crippen molar-refractivity contribution >= 4 is 5.91 Å². The summed E-state index contributed by atoms with van der Waals surface area (Å²) >= 11 is 0. The van der Waals surface area contributed by atoms with Crippen molar-refractivity contribution in [2.45, 2.75) is 46.1 Å². The predicted molar refractivity (Wildman–Crippen MR) is 115 cm³/mol. The SMILES string of the molecule is CCCCCNCC(=O)N(CCc1ccc(OC)c(OC)c1)Cc1ccc(C)o1. The molecule has 6 heteroatoms. The number of unbranched alkanes of at least 4 members (excludes halogenated alkanes) is 2. The van der Waals surface area contributed by atoms with E-state index in [1.807, 2.05) is 42.2 Å². The number of furan rings is 1. The molecule has 0 spiro atoms. The van der Waals surface area contributed by atoms with Crippen molar-refractivity contribution < 1.29 is 18.7 Å². The van der Waals surface area contributed by atoms with Crippen molar-refractivity contribution in [2.75, 3.05) is 33.9 Å². The van der Waals surface area contributed by atoms with Crippen molar-refractivity contribution in [1.82, 2.24) is 10.2 Å². The van der Waals surface area contributed by atoms with E-state index in [4.69, 9.17) is 13.9 Å². The van der Waals surface area contributed by atoms with Crippen molar-refractivity contribution in [2.24, 2.45) is 0 Å². The zero-order valence-electron chi connectivity index (χ0n) is 18.1. The molecular formula is C23H34N2O4. The highest BCUT2D eigenvalue weighted by molar-refractivity contribution is 5.78. The molecule has 1 N–H and O–H groups in total. The molecule has 0 aliphatic rings. The Labute approximate surface area is 174 Å². The van der Waals surface area contributed by atoms with E-state index in [1.165, 1.54) is 12.8 Å². The Morgan fingerprint density at radius 1 is 1.10 bits per heavy atom. The van der Waals surface area contributed by atoms with Crippen LogP contribution >= 0.6 is 0 Å². The van der Waals surface area contributed by atoms with Gasteiger partial charge in [-0.3, -0.25) is 4.79 Å². The van der Waals surface area contributed by atoms with Gasteiger partial charge in [-0.05, 0) is 56.1 Å². The van der Waals surface area contributed by atoms with Gasteiger partial charge in [0.25, 0.3) is 0 Å². The molecule has 0 saturated heterocycles. The first-order valence-electron chi connectivity index (χ1n) is 10.3. The Morgan fingerprint density at radius 2 is 1.90 bits per heavy atom. The van der Waals surface area contributed by atoms with Crippen LogP contribution in [0.15, 0.2) is 34.7 Å². The van der Waals surface area contributed by atoms with Crippen LogP contribution in [-0.2, 0) is 17.8 Å². The zero-order valence-corrected chi connectivity index (χ0v) is 18.1. The zero-order chi connectivity index (χ0) is 21.1. The number of ether oxygens (including phenoxy) is 2. The third kappa shape index (κ3) is 7.46. The van der Waals surface area contributed by atoms with Crippen LogP contribution in [0.25, 0.3) is 0 Å². The molecule has 0 saturated carbocycles. The van der Waals surface area contributed by atoms with Crippen molar-refractivity contribution in [3.8, 4) is 11.5 Å². The fraction of sp³-hybridized carbons (Fsp3) is 0.522. The van der Waals surface area contributed by atoms with Gasteiger partial charge in [0.05, 0.1) is 27.3 Å². The lowest BCUT2D eigenvalue weighted by Crippen LogP contribution is -2.39. The summed E-state index contributed by atoms with van der Waals surface area (Å²) in [7, 11) is 3.25. The molecular weight excluding hydrogens is 368 g/mol. The third-order valence-corrected chi connectivity index (χ3v) is 4.85. The fourth-order valence-electron chi connectivity index (χ4n) is 3.16. The van der Waals surface area contributed by atoms with Gasteiger partial charge in [-0.2, -0.15) is 0 Å². The smallest absolute Gasteiger partial charge is 0.236 e. The summed E-state index contributed by atoms with van der Waals surface area (Å²) in [5.74, 6) is 3.13. The number of rotatable bonds is 13. The van der Waals surface area contributed by atoms with Gasteiger partial charge in [0.15, 0.2) is 11.5 Å². The number of hydrogen-bond donors (Lipinski definition) is 1. The summed E-state index contributed by atoms with van der Waals surface area (Å²) in [5, 5.41) is 3.26. The lowest BCUT2D eigenvalue weighted by Gasteiger charge is -2.22. The minimum Gasteiger partial charge on any atom is -0.493 e. The second-order valence-corrected chi connectivity index (χ2v) is 7.15. The Morgan fingerprint density at radius 3 is 2.55 bits per heavy atom. The summed E-state index contributed by atoms with van der Waals surface area (Å²) < 4.78 is 16.4.